The van der Waals surface area contributed by atoms with Crippen LogP contribution < -0.4 is 5.32 Å². The molecule has 1 aliphatic carbocycles. The molecule has 2 unspecified atom stereocenters. The Morgan fingerprint density at radius 3 is 3.06 bits per heavy atom. The van der Waals surface area contributed by atoms with Crippen LogP contribution in [0.3, 0.4) is 0 Å². The van der Waals surface area contributed by atoms with Crippen LogP contribution in [0.5, 0.6) is 0 Å². The Bertz CT molecular complexity index is 370. The molecule has 2 rings (SSSR count). The van der Waals surface area contributed by atoms with E-state index in [1.807, 2.05) is 6.07 Å². The molecule has 0 bridgehead atoms. The molecule has 0 amide bonds. The van der Waals surface area contributed by atoms with Crippen molar-refractivity contribution >= 4 is 33.2 Å². The van der Waals surface area contributed by atoms with E-state index < -0.39 is 0 Å². The van der Waals surface area contributed by atoms with E-state index in [0.29, 0.717) is 11.2 Å². The maximum Gasteiger partial charge on any atom is 0.152 e. The van der Waals surface area contributed by atoms with Gasteiger partial charge in [-0.25, -0.2) is 4.98 Å². The summed E-state index contributed by atoms with van der Waals surface area (Å²) in [5, 5.41) is 4.05. The summed E-state index contributed by atoms with van der Waals surface area (Å²) in [5.41, 5.74) is 0.940. The standard InChI is InChI=1S/C12H16BrClN2/c1-8-3-2-4-10(5-8)16-11-6-9(13)7-15-12(11)14/h6-8,10,16H,2-5H2,1H3. The van der Waals surface area contributed by atoms with Crippen molar-refractivity contribution in [3.05, 3.63) is 21.9 Å². The molecule has 1 aliphatic rings. The van der Waals surface area contributed by atoms with Crippen molar-refractivity contribution in [1.29, 1.82) is 0 Å². The normalized spacial score (nSPS) is 25.4. The molecule has 1 heterocycles. The SMILES string of the molecule is CC1CCCC(Nc2cc(Br)cnc2Cl)C1. The monoisotopic (exact) mass is 302 g/mol. The lowest BCUT2D eigenvalue weighted by atomic mass is 9.87. The Labute approximate surface area is 110 Å². The average Bonchev–Trinajstić information content (AvgIpc) is 2.24. The maximum absolute atomic E-state index is 6.06. The van der Waals surface area contributed by atoms with E-state index in [4.69, 9.17) is 11.6 Å². The molecule has 16 heavy (non-hydrogen) atoms. The summed E-state index contributed by atoms with van der Waals surface area (Å²) in [6.07, 6.45) is 6.83. The molecular formula is C12H16BrClN2. The minimum atomic E-state index is 0.539. The van der Waals surface area contributed by atoms with Gasteiger partial charge >= 0.3 is 0 Å². The number of aromatic nitrogens is 1. The van der Waals surface area contributed by atoms with Crippen molar-refractivity contribution in [3.8, 4) is 0 Å². The highest BCUT2D eigenvalue weighted by Gasteiger charge is 2.19. The van der Waals surface area contributed by atoms with Crippen LogP contribution in [0.25, 0.3) is 0 Å². The summed E-state index contributed by atoms with van der Waals surface area (Å²) < 4.78 is 0.961. The average molecular weight is 304 g/mol. The summed E-state index contributed by atoms with van der Waals surface area (Å²) in [4.78, 5) is 4.12. The molecule has 0 saturated heterocycles. The van der Waals surface area contributed by atoms with E-state index in [-0.39, 0.29) is 0 Å². The predicted octanol–water partition coefficient (Wildman–Crippen LogP) is 4.49. The zero-order chi connectivity index (χ0) is 11.5. The topological polar surface area (TPSA) is 24.9 Å². The molecule has 0 aliphatic heterocycles. The number of anilines is 1. The number of hydrogen-bond acceptors (Lipinski definition) is 2. The van der Waals surface area contributed by atoms with Crippen molar-refractivity contribution in [3.63, 3.8) is 0 Å². The van der Waals surface area contributed by atoms with Crippen LogP contribution in [-0.2, 0) is 0 Å². The van der Waals surface area contributed by atoms with Gasteiger partial charge in [-0.3, -0.25) is 0 Å². The van der Waals surface area contributed by atoms with Gasteiger partial charge in [0, 0.05) is 16.7 Å². The molecule has 1 N–H and O–H groups in total. The fourth-order valence-electron chi connectivity index (χ4n) is 2.31. The first-order valence-electron chi connectivity index (χ1n) is 5.72. The van der Waals surface area contributed by atoms with Gasteiger partial charge in [0.15, 0.2) is 5.15 Å². The van der Waals surface area contributed by atoms with Crippen molar-refractivity contribution in [2.75, 3.05) is 5.32 Å². The van der Waals surface area contributed by atoms with Crippen LogP contribution in [0.1, 0.15) is 32.6 Å². The van der Waals surface area contributed by atoms with E-state index in [2.05, 4.69) is 33.2 Å². The van der Waals surface area contributed by atoms with E-state index in [1.54, 1.807) is 6.20 Å². The molecule has 88 valence electrons. The number of hydrogen-bond donors (Lipinski definition) is 1. The van der Waals surface area contributed by atoms with Crippen LogP contribution in [0.2, 0.25) is 5.15 Å². The molecule has 0 spiro atoms. The lowest BCUT2D eigenvalue weighted by Crippen LogP contribution is -2.26. The van der Waals surface area contributed by atoms with Gasteiger partial charge in [-0.15, -0.1) is 0 Å². The second-order valence-corrected chi connectivity index (χ2v) is 5.88. The minimum Gasteiger partial charge on any atom is -0.380 e. The van der Waals surface area contributed by atoms with Crippen LogP contribution in [0.4, 0.5) is 5.69 Å². The highest BCUT2D eigenvalue weighted by atomic mass is 79.9. The van der Waals surface area contributed by atoms with E-state index >= 15 is 0 Å². The number of rotatable bonds is 2. The predicted molar refractivity (Wildman–Crippen MR) is 72.0 cm³/mol. The molecule has 1 aromatic heterocycles. The first-order chi connectivity index (χ1) is 7.65. The molecule has 0 radical (unpaired) electrons. The quantitative estimate of drug-likeness (QED) is 0.814. The van der Waals surface area contributed by atoms with Crippen LogP contribution in [0, 0.1) is 5.92 Å². The third-order valence-corrected chi connectivity index (χ3v) is 3.84. The largest absolute Gasteiger partial charge is 0.380 e. The van der Waals surface area contributed by atoms with Gasteiger partial charge in [0.2, 0.25) is 0 Å². The Morgan fingerprint density at radius 2 is 2.31 bits per heavy atom. The van der Waals surface area contributed by atoms with E-state index in [9.17, 15) is 0 Å². The summed E-state index contributed by atoms with van der Waals surface area (Å²) in [6.45, 7) is 2.31. The van der Waals surface area contributed by atoms with Crippen LogP contribution in [0.15, 0.2) is 16.7 Å². The highest BCUT2D eigenvalue weighted by molar-refractivity contribution is 9.10. The van der Waals surface area contributed by atoms with Crippen molar-refractivity contribution in [1.82, 2.24) is 4.98 Å². The Hall–Kier alpha value is -0.280. The fraction of sp³-hybridized carbons (Fsp3) is 0.583. The number of halogens is 2. The van der Waals surface area contributed by atoms with Gasteiger partial charge in [-0.2, -0.15) is 0 Å². The van der Waals surface area contributed by atoms with Crippen molar-refractivity contribution in [2.24, 2.45) is 5.92 Å². The Morgan fingerprint density at radius 1 is 1.50 bits per heavy atom. The van der Waals surface area contributed by atoms with Gasteiger partial charge in [0.05, 0.1) is 5.69 Å². The first-order valence-corrected chi connectivity index (χ1v) is 6.90. The number of nitrogens with zero attached hydrogens (tertiary/aromatic N) is 1. The van der Waals surface area contributed by atoms with Gasteiger partial charge in [-0.1, -0.05) is 31.4 Å². The molecule has 4 heteroatoms. The summed E-state index contributed by atoms with van der Waals surface area (Å²) in [6, 6.07) is 2.53. The smallest absolute Gasteiger partial charge is 0.152 e. The molecule has 1 fully saturated rings. The molecule has 1 aromatic rings. The number of pyridine rings is 1. The third kappa shape index (κ3) is 3.11. The van der Waals surface area contributed by atoms with E-state index in [0.717, 1.165) is 16.1 Å². The second-order valence-electron chi connectivity index (χ2n) is 4.60. The van der Waals surface area contributed by atoms with E-state index in [1.165, 1.54) is 25.7 Å². The van der Waals surface area contributed by atoms with Gasteiger partial charge < -0.3 is 5.32 Å². The number of nitrogens with one attached hydrogen (secondary N) is 1. The zero-order valence-electron chi connectivity index (χ0n) is 9.34. The maximum atomic E-state index is 6.06. The summed E-state index contributed by atoms with van der Waals surface area (Å²) in [5.74, 6) is 0.810. The van der Waals surface area contributed by atoms with Crippen LogP contribution in [-0.4, -0.2) is 11.0 Å². The Balaban J connectivity index is 2.05. The van der Waals surface area contributed by atoms with Gasteiger partial charge in [0.25, 0.3) is 0 Å². The first kappa shape index (κ1) is 12.2. The molecular weight excluding hydrogens is 288 g/mol. The molecule has 0 aromatic carbocycles. The lowest BCUT2D eigenvalue weighted by molar-refractivity contribution is 0.358. The molecule has 2 nitrogen and oxygen atoms in total. The highest BCUT2D eigenvalue weighted by Crippen LogP contribution is 2.29. The minimum absolute atomic E-state index is 0.539. The van der Waals surface area contributed by atoms with Crippen molar-refractivity contribution in [2.45, 2.75) is 38.6 Å². The fourth-order valence-corrected chi connectivity index (χ4v) is 2.80. The molecule has 2 atom stereocenters. The summed E-state index contributed by atoms with van der Waals surface area (Å²) >= 11 is 9.47. The van der Waals surface area contributed by atoms with Crippen LogP contribution >= 0.6 is 27.5 Å². The Kier molecular flexibility index (Phi) is 4.09. The van der Waals surface area contributed by atoms with Gasteiger partial charge in [0.1, 0.15) is 0 Å². The second kappa shape index (κ2) is 5.37. The van der Waals surface area contributed by atoms with Crippen molar-refractivity contribution < 1.29 is 0 Å². The zero-order valence-corrected chi connectivity index (χ0v) is 11.7. The molecule has 1 saturated carbocycles. The summed E-state index contributed by atoms with van der Waals surface area (Å²) in [7, 11) is 0. The third-order valence-electron chi connectivity index (χ3n) is 3.10. The lowest BCUT2D eigenvalue weighted by Gasteiger charge is -2.28. The van der Waals surface area contributed by atoms with Gasteiger partial charge in [-0.05, 0) is 40.8 Å².